The van der Waals surface area contributed by atoms with Gasteiger partial charge in [0.2, 0.25) is 17.8 Å². The van der Waals surface area contributed by atoms with Crippen LogP contribution in [0, 0.1) is 6.92 Å². The third kappa shape index (κ3) is 3.47. The highest BCUT2D eigenvalue weighted by Crippen LogP contribution is 2.31. The maximum atomic E-state index is 12.9. The van der Waals surface area contributed by atoms with Crippen LogP contribution in [-0.4, -0.2) is 28.6 Å². The fourth-order valence-corrected chi connectivity index (χ4v) is 3.65. The normalized spacial score (nSPS) is 20.5. The summed E-state index contributed by atoms with van der Waals surface area (Å²) in [6, 6.07) is 5.25. The highest BCUT2D eigenvalue weighted by molar-refractivity contribution is 5.89. The number of nitrogens with zero attached hydrogens (tertiary/aromatic N) is 2. The molecular weight excluding hydrogens is 367 g/mol. The fourth-order valence-electron chi connectivity index (χ4n) is 3.65. The molecule has 2 aromatic heterocycles. The van der Waals surface area contributed by atoms with Gasteiger partial charge in [-0.2, -0.15) is 13.2 Å². The van der Waals surface area contributed by atoms with Crippen LogP contribution in [-0.2, 0) is 6.18 Å². The van der Waals surface area contributed by atoms with Crippen molar-refractivity contribution in [3.05, 3.63) is 59.6 Å². The second kappa shape index (κ2) is 6.63. The van der Waals surface area contributed by atoms with E-state index in [-0.39, 0.29) is 0 Å². The Balaban J connectivity index is 1.56. The van der Waals surface area contributed by atoms with Gasteiger partial charge in [0.25, 0.3) is 0 Å². The number of aryl methyl sites for hydroxylation is 1. The zero-order valence-corrected chi connectivity index (χ0v) is 15.3. The number of alkyl halides is 3. The molecule has 0 aliphatic carbocycles. The predicted octanol–water partition coefficient (Wildman–Crippen LogP) is 3.33. The molecule has 3 heterocycles. The number of aromatic nitrogens is 3. The molecule has 0 saturated carbocycles. The minimum atomic E-state index is -4.36. The fraction of sp³-hybridized carbons (Fsp3) is 0.300. The summed E-state index contributed by atoms with van der Waals surface area (Å²) in [5.41, 5.74) is 7.62. The lowest BCUT2D eigenvalue weighted by atomic mass is 9.98. The van der Waals surface area contributed by atoms with E-state index in [0.29, 0.717) is 18.5 Å². The van der Waals surface area contributed by atoms with E-state index in [4.69, 9.17) is 5.73 Å². The number of anilines is 1. The van der Waals surface area contributed by atoms with Gasteiger partial charge in [0, 0.05) is 12.6 Å². The first-order valence-electron chi connectivity index (χ1n) is 9.00. The zero-order chi connectivity index (χ0) is 19.9. The van der Waals surface area contributed by atoms with Crippen molar-refractivity contribution < 1.29 is 18.2 Å². The van der Waals surface area contributed by atoms with Gasteiger partial charge in [-0.3, -0.25) is 4.90 Å². The number of aromatic amines is 2. The number of benzene rings is 1. The number of H-pyrrole nitrogens is 2. The molecule has 3 aromatic rings. The quantitative estimate of drug-likeness (QED) is 0.723. The van der Waals surface area contributed by atoms with Crippen molar-refractivity contribution in [3.63, 3.8) is 0 Å². The monoisotopic (exact) mass is 388 g/mol. The first-order chi connectivity index (χ1) is 13.3. The standard InChI is InChI=1S/C20H20F3N5/c1-13-10-25-17-16(13)18(27-12-26-17)28-8-7-19(24,11-28)6-5-14-3-2-4-15(9-14)20(21,22)23/h2-6,9-10,12H,7-8,11,24H2,1H3,(H,25,26,27)/p+1. The average molecular weight is 388 g/mol. The van der Waals surface area contributed by atoms with Crippen LogP contribution in [0.25, 0.3) is 17.1 Å². The second-order valence-corrected chi connectivity index (χ2v) is 7.31. The summed E-state index contributed by atoms with van der Waals surface area (Å²) in [7, 11) is 0. The van der Waals surface area contributed by atoms with E-state index in [0.717, 1.165) is 41.1 Å². The highest BCUT2D eigenvalue weighted by Gasteiger charge is 2.37. The van der Waals surface area contributed by atoms with Crippen molar-refractivity contribution in [2.75, 3.05) is 18.0 Å². The minimum absolute atomic E-state index is 0.484. The first-order valence-corrected chi connectivity index (χ1v) is 9.00. The molecule has 1 fully saturated rings. The number of nitrogens with one attached hydrogen (secondary N) is 2. The van der Waals surface area contributed by atoms with Crippen LogP contribution < -0.4 is 15.6 Å². The predicted molar refractivity (Wildman–Crippen MR) is 102 cm³/mol. The summed E-state index contributed by atoms with van der Waals surface area (Å²) < 4.78 is 38.7. The Labute approximate surface area is 160 Å². The molecule has 1 atom stereocenters. The zero-order valence-electron chi connectivity index (χ0n) is 15.3. The molecule has 28 heavy (non-hydrogen) atoms. The number of hydrogen-bond acceptors (Lipinski definition) is 3. The Bertz CT molecular complexity index is 1040. The van der Waals surface area contributed by atoms with E-state index in [1.807, 2.05) is 19.2 Å². The average Bonchev–Trinajstić information content (AvgIpc) is 3.24. The van der Waals surface area contributed by atoms with Gasteiger partial charge in [0.15, 0.2) is 0 Å². The Kier molecular flexibility index (Phi) is 4.38. The van der Waals surface area contributed by atoms with Crippen LogP contribution in [0.5, 0.6) is 0 Å². The molecule has 5 nitrogen and oxygen atoms in total. The van der Waals surface area contributed by atoms with Crippen molar-refractivity contribution in [1.29, 1.82) is 0 Å². The van der Waals surface area contributed by atoms with Gasteiger partial charge >= 0.3 is 6.18 Å². The smallest absolute Gasteiger partial charge is 0.332 e. The van der Waals surface area contributed by atoms with E-state index in [1.165, 1.54) is 6.07 Å². The molecule has 0 spiro atoms. The van der Waals surface area contributed by atoms with Crippen molar-refractivity contribution in [1.82, 2.24) is 9.97 Å². The number of nitrogens with two attached hydrogens (primary N) is 1. The summed E-state index contributed by atoms with van der Waals surface area (Å²) in [5, 5.41) is 1.02. The van der Waals surface area contributed by atoms with E-state index >= 15 is 0 Å². The van der Waals surface area contributed by atoms with Gasteiger partial charge in [-0.25, -0.2) is 4.98 Å². The third-order valence-electron chi connectivity index (χ3n) is 5.16. The van der Waals surface area contributed by atoms with Gasteiger partial charge in [-0.15, -0.1) is 0 Å². The maximum absolute atomic E-state index is 12.9. The molecule has 1 aliphatic heterocycles. The molecule has 1 unspecified atom stereocenters. The summed E-state index contributed by atoms with van der Waals surface area (Å²) in [5.74, 6) is 0.948. The number of hydrogen-bond donors (Lipinski definition) is 2. The molecule has 146 valence electrons. The van der Waals surface area contributed by atoms with Gasteiger partial charge < -0.3 is 10.7 Å². The van der Waals surface area contributed by atoms with Gasteiger partial charge in [0.1, 0.15) is 5.39 Å². The largest absolute Gasteiger partial charge is 0.416 e. The molecule has 4 rings (SSSR count). The maximum Gasteiger partial charge on any atom is 0.416 e. The molecule has 0 amide bonds. The van der Waals surface area contributed by atoms with Gasteiger partial charge in [0.05, 0.1) is 24.2 Å². The molecule has 8 heteroatoms. The van der Waals surface area contributed by atoms with Crippen LogP contribution in [0.3, 0.4) is 0 Å². The molecule has 1 saturated heterocycles. The Morgan fingerprint density at radius 1 is 1.36 bits per heavy atom. The SMILES string of the molecule is Cc1c[nH]c2nc[nH+]c(N3CCC(N)(C=Cc4cccc(C(F)(F)F)c4)C3)c12. The molecule has 1 aromatic carbocycles. The van der Waals surface area contributed by atoms with Crippen molar-refractivity contribution in [2.45, 2.75) is 25.1 Å². The van der Waals surface area contributed by atoms with Crippen LogP contribution >= 0.6 is 0 Å². The lowest BCUT2D eigenvalue weighted by Crippen LogP contribution is -2.41. The first kappa shape index (κ1) is 18.5. The van der Waals surface area contributed by atoms with Crippen LogP contribution in [0.1, 0.15) is 23.1 Å². The summed E-state index contributed by atoms with van der Waals surface area (Å²) in [6.45, 7) is 3.31. The van der Waals surface area contributed by atoms with Crippen molar-refractivity contribution in [3.8, 4) is 0 Å². The minimum Gasteiger partial charge on any atom is -0.332 e. The Morgan fingerprint density at radius 2 is 2.18 bits per heavy atom. The van der Waals surface area contributed by atoms with Gasteiger partial charge in [-0.1, -0.05) is 29.3 Å². The van der Waals surface area contributed by atoms with Crippen LogP contribution in [0.15, 0.2) is 42.9 Å². The molecular formula is C20H21F3N5+. The number of halogens is 3. The topological polar surface area (TPSA) is 72.1 Å². The highest BCUT2D eigenvalue weighted by atomic mass is 19.4. The molecule has 1 aliphatic rings. The van der Waals surface area contributed by atoms with Crippen molar-refractivity contribution >= 4 is 22.9 Å². The lowest BCUT2D eigenvalue weighted by Gasteiger charge is -2.19. The second-order valence-electron chi connectivity index (χ2n) is 7.31. The van der Waals surface area contributed by atoms with E-state index in [9.17, 15) is 13.2 Å². The lowest BCUT2D eigenvalue weighted by molar-refractivity contribution is -0.366. The van der Waals surface area contributed by atoms with E-state index in [1.54, 1.807) is 18.5 Å². The summed E-state index contributed by atoms with van der Waals surface area (Å²) >= 11 is 0. The Morgan fingerprint density at radius 3 is 2.96 bits per heavy atom. The summed E-state index contributed by atoms with van der Waals surface area (Å²) in [6.07, 6.45) is 3.38. The number of fused-ring (bicyclic) bond motifs is 1. The summed E-state index contributed by atoms with van der Waals surface area (Å²) in [4.78, 5) is 12.8. The molecule has 4 N–H and O–H groups in total. The Hall–Kier alpha value is -2.87. The van der Waals surface area contributed by atoms with E-state index in [2.05, 4.69) is 19.9 Å². The van der Waals surface area contributed by atoms with Gasteiger partial charge in [-0.05, 0) is 30.2 Å². The molecule has 0 bridgehead atoms. The van der Waals surface area contributed by atoms with Crippen LogP contribution in [0.2, 0.25) is 0 Å². The molecule has 0 radical (unpaired) electrons. The third-order valence-corrected chi connectivity index (χ3v) is 5.16. The number of rotatable bonds is 3. The van der Waals surface area contributed by atoms with Crippen LogP contribution in [0.4, 0.5) is 19.0 Å². The van der Waals surface area contributed by atoms with E-state index < -0.39 is 17.3 Å². The van der Waals surface area contributed by atoms with Crippen molar-refractivity contribution in [2.24, 2.45) is 5.73 Å².